The fraction of sp³-hybridized carbons (Fsp3) is 0.333. The summed E-state index contributed by atoms with van der Waals surface area (Å²) in [5.41, 5.74) is 1.77. The van der Waals surface area contributed by atoms with E-state index in [-0.39, 0.29) is 12.5 Å². The van der Waals surface area contributed by atoms with E-state index in [1.807, 2.05) is 37.3 Å². The van der Waals surface area contributed by atoms with Crippen LogP contribution < -0.4 is 0 Å². The molecule has 15 heavy (non-hydrogen) atoms. The Morgan fingerprint density at radius 2 is 2.07 bits per heavy atom. The van der Waals surface area contributed by atoms with Gasteiger partial charge in [0, 0.05) is 11.3 Å². The van der Waals surface area contributed by atoms with Crippen LogP contribution in [0.3, 0.4) is 0 Å². The predicted octanol–water partition coefficient (Wildman–Crippen LogP) is 2.12. The van der Waals surface area contributed by atoms with Crippen molar-refractivity contribution in [3.63, 3.8) is 0 Å². The SMILES string of the molecule is CCC(CO)c1cc2ccccc2nn1. The highest BCUT2D eigenvalue weighted by atomic mass is 16.3. The Hall–Kier alpha value is -1.48. The first-order valence-electron chi connectivity index (χ1n) is 5.18. The maximum atomic E-state index is 9.18. The Morgan fingerprint density at radius 3 is 2.80 bits per heavy atom. The average molecular weight is 202 g/mol. The lowest BCUT2D eigenvalue weighted by Crippen LogP contribution is -2.06. The minimum absolute atomic E-state index is 0.0992. The van der Waals surface area contributed by atoms with Crippen molar-refractivity contribution in [1.29, 1.82) is 0 Å². The molecule has 2 rings (SSSR count). The van der Waals surface area contributed by atoms with E-state index in [1.165, 1.54) is 0 Å². The summed E-state index contributed by atoms with van der Waals surface area (Å²) in [6.07, 6.45) is 0.878. The molecule has 1 unspecified atom stereocenters. The average Bonchev–Trinajstić information content (AvgIpc) is 2.30. The quantitative estimate of drug-likeness (QED) is 0.829. The standard InChI is InChI=1S/C12H14N2O/c1-2-9(8-15)12-7-10-5-3-4-6-11(10)13-14-12/h3-7,9,15H,2,8H2,1H3. The van der Waals surface area contributed by atoms with Gasteiger partial charge in [-0.3, -0.25) is 0 Å². The minimum Gasteiger partial charge on any atom is -0.396 e. The first kappa shape index (κ1) is 10.1. The summed E-state index contributed by atoms with van der Waals surface area (Å²) >= 11 is 0. The highest BCUT2D eigenvalue weighted by Gasteiger charge is 2.10. The van der Waals surface area contributed by atoms with Crippen molar-refractivity contribution >= 4 is 10.9 Å². The van der Waals surface area contributed by atoms with E-state index in [0.717, 1.165) is 23.0 Å². The molecule has 0 aliphatic heterocycles. The van der Waals surface area contributed by atoms with Crippen molar-refractivity contribution in [2.45, 2.75) is 19.3 Å². The fourth-order valence-corrected chi connectivity index (χ4v) is 1.63. The van der Waals surface area contributed by atoms with E-state index in [4.69, 9.17) is 0 Å². The smallest absolute Gasteiger partial charge is 0.0929 e. The van der Waals surface area contributed by atoms with Crippen LogP contribution in [0.5, 0.6) is 0 Å². The van der Waals surface area contributed by atoms with E-state index >= 15 is 0 Å². The number of fused-ring (bicyclic) bond motifs is 1. The van der Waals surface area contributed by atoms with Gasteiger partial charge in [0.25, 0.3) is 0 Å². The summed E-state index contributed by atoms with van der Waals surface area (Å²) in [5.74, 6) is 0.0992. The second-order valence-electron chi connectivity index (χ2n) is 3.62. The van der Waals surface area contributed by atoms with Gasteiger partial charge < -0.3 is 5.11 Å². The minimum atomic E-state index is 0.0992. The predicted molar refractivity (Wildman–Crippen MR) is 59.7 cm³/mol. The van der Waals surface area contributed by atoms with Crippen molar-refractivity contribution in [1.82, 2.24) is 10.2 Å². The molecule has 1 aromatic heterocycles. The van der Waals surface area contributed by atoms with Crippen molar-refractivity contribution < 1.29 is 5.11 Å². The normalized spacial score (nSPS) is 12.9. The molecule has 0 saturated heterocycles. The van der Waals surface area contributed by atoms with Crippen LogP contribution in [0.15, 0.2) is 30.3 Å². The van der Waals surface area contributed by atoms with Gasteiger partial charge in [-0.15, -0.1) is 0 Å². The molecule has 0 saturated carbocycles. The molecule has 3 heteroatoms. The number of aromatic nitrogens is 2. The van der Waals surface area contributed by atoms with Crippen LogP contribution in [0.1, 0.15) is 25.0 Å². The van der Waals surface area contributed by atoms with E-state index in [9.17, 15) is 5.11 Å². The van der Waals surface area contributed by atoms with E-state index < -0.39 is 0 Å². The van der Waals surface area contributed by atoms with E-state index in [1.54, 1.807) is 0 Å². The van der Waals surface area contributed by atoms with Gasteiger partial charge >= 0.3 is 0 Å². The summed E-state index contributed by atoms with van der Waals surface area (Å²) in [6.45, 7) is 2.17. The Morgan fingerprint density at radius 1 is 1.27 bits per heavy atom. The molecule has 0 fully saturated rings. The molecule has 1 atom stereocenters. The van der Waals surface area contributed by atoms with Gasteiger partial charge in [0.05, 0.1) is 17.8 Å². The molecule has 1 N–H and O–H groups in total. The lowest BCUT2D eigenvalue weighted by atomic mass is 10.0. The van der Waals surface area contributed by atoms with Gasteiger partial charge in [-0.1, -0.05) is 25.1 Å². The molecule has 0 aliphatic rings. The summed E-state index contributed by atoms with van der Waals surface area (Å²) in [6, 6.07) is 9.88. The van der Waals surface area contributed by atoms with Crippen molar-refractivity contribution in [3.05, 3.63) is 36.0 Å². The molecule has 0 aliphatic carbocycles. The number of aliphatic hydroxyl groups is 1. The molecule has 78 valence electrons. The van der Waals surface area contributed by atoms with Gasteiger partial charge in [0.2, 0.25) is 0 Å². The number of hydrogen-bond acceptors (Lipinski definition) is 3. The third-order valence-corrected chi connectivity index (χ3v) is 2.64. The number of rotatable bonds is 3. The molecule has 3 nitrogen and oxygen atoms in total. The largest absolute Gasteiger partial charge is 0.396 e. The Kier molecular flexibility index (Phi) is 2.92. The van der Waals surface area contributed by atoms with Crippen LogP contribution >= 0.6 is 0 Å². The Balaban J connectivity index is 2.46. The highest BCUT2D eigenvalue weighted by Crippen LogP contribution is 2.19. The van der Waals surface area contributed by atoms with Gasteiger partial charge in [0.15, 0.2) is 0 Å². The summed E-state index contributed by atoms with van der Waals surface area (Å²) in [7, 11) is 0. The lowest BCUT2D eigenvalue weighted by Gasteiger charge is -2.10. The van der Waals surface area contributed by atoms with Gasteiger partial charge in [-0.25, -0.2) is 0 Å². The maximum Gasteiger partial charge on any atom is 0.0929 e. The maximum absolute atomic E-state index is 9.18. The highest BCUT2D eigenvalue weighted by molar-refractivity contribution is 5.77. The molecule has 0 radical (unpaired) electrons. The third kappa shape index (κ3) is 1.97. The summed E-state index contributed by atoms with van der Waals surface area (Å²) < 4.78 is 0. The second kappa shape index (κ2) is 4.36. The van der Waals surface area contributed by atoms with E-state index in [2.05, 4.69) is 10.2 Å². The monoisotopic (exact) mass is 202 g/mol. The zero-order valence-corrected chi connectivity index (χ0v) is 8.72. The first-order valence-corrected chi connectivity index (χ1v) is 5.18. The van der Waals surface area contributed by atoms with Gasteiger partial charge in [0.1, 0.15) is 0 Å². The molecule has 1 aromatic carbocycles. The Bertz CT molecular complexity index is 452. The van der Waals surface area contributed by atoms with E-state index in [0.29, 0.717) is 0 Å². The van der Waals surface area contributed by atoms with Crippen molar-refractivity contribution in [3.8, 4) is 0 Å². The van der Waals surface area contributed by atoms with Crippen LogP contribution in [-0.4, -0.2) is 21.9 Å². The zero-order valence-electron chi connectivity index (χ0n) is 8.72. The number of nitrogens with zero attached hydrogens (tertiary/aromatic N) is 2. The number of benzene rings is 1. The van der Waals surface area contributed by atoms with Crippen molar-refractivity contribution in [2.24, 2.45) is 0 Å². The number of aliphatic hydroxyl groups excluding tert-OH is 1. The van der Waals surface area contributed by atoms with Crippen molar-refractivity contribution in [2.75, 3.05) is 6.61 Å². The second-order valence-corrected chi connectivity index (χ2v) is 3.62. The van der Waals surface area contributed by atoms with Crippen LogP contribution in [0, 0.1) is 0 Å². The summed E-state index contributed by atoms with van der Waals surface area (Å²) in [4.78, 5) is 0. The van der Waals surface area contributed by atoms with Crippen LogP contribution in [0.25, 0.3) is 10.9 Å². The van der Waals surface area contributed by atoms with Gasteiger partial charge in [-0.05, 0) is 18.6 Å². The molecule has 0 bridgehead atoms. The van der Waals surface area contributed by atoms with Crippen LogP contribution in [0.4, 0.5) is 0 Å². The summed E-state index contributed by atoms with van der Waals surface area (Å²) in [5, 5.41) is 18.5. The zero-order chi connectivity index (χ0) is 10.7. The molecular weight excluding hydrogens is 188 g/mol. The Labute approximate surface area is 88.8 Å². The molecule has 1 heterocycles. The number of hydrogen-bond donors (Lipinski definition) is 1. The van der Waals surface area contributed by atoms with Crippen LogP contribution in [0.2, 0.25) is 0 Å². The van der Waals surface area contributed by atoms with Gasteiger partial charge in [-0.2, -0.15) is 10.2 Å². The topological polar surface area (TPSA) is 46.0 Å². The molecule has 0 spiro atoms. The lowest BCUT2D eigenvalue weighted by molar-refractivity contribution is 0.259. The third-order valence-electron chi connectivity index (χ3n) is 2.64. The first-order chi connectivity index (χ1) is 7.35. The molecular formula is C12H14N2O. The molecule has 0 amide bonds. The van der Waals surface area contributed by atoms with Crippen LogP contribution in [-0.2, 0) is 0 Å². The molecule has 2 aromatic rings. The fourth-order valence-electron chi connectivity index (χ4n) is 1.63.